The predicted molar refractivity (Wildman–Crippen MR) is 78.1 cm³/mol. The standard InChI is InChI=1S/C15H10F3N3S/c1-2-6-22-14-11(8-19)12(15(16,17)18)7-13(21-14)10-4-3-5-20-9-10/h2-5,7,9H,1,6H2. The molecule has 0 aliphatic heterocycles. The Morgan fingerprint density at radius 1 is 1.41 bits per heavy atom. The van der Waals surface area contributed by atoms with Gasteiger partial charge in [-0.1, -0.05) is 6.08 Å². The number of nitrogens with zero attached hydrogens (tertiary/aromatic N) is 3. The zero-order chi connectivity index (χ0) is 16.2. The van der Waals surface area contributed by atoms with Crippen molar-refractivity contribution in [3.8, 4) is 17.3 Å². The third-order valence-electron chi connectivity index (χ3n) is 2.70. The van der Waals surface area contributed by atoms with Crippen LogP contribution in [0.15, 0.2) is 48.3 Å². The fraction of sp³-hybridized carbons (Fsp3) is 0.133. The summed E-state index contributed by atoms with van der Waals surface area (Å²) in [7, 11) is 0. The van der Waals surface area contributed by atoms with Crippen LogP contribution in [0, 0.1) is 11.3 Å². The van der Waals surface area contributed by atoms with Gasteiger partial charge in [0.25, 0.3) is 0 Å². The van der Waals surface area contributed by atoms with E-state index in [0.29, 0.717) is 11.3 Å². The van der Waals surface area contributed by atoms with E-state index in [1.807, 2.05) is 0 Å². The molecule has 2 aromatic rings. The normalized spacial score (nSPS) is 11.0. The molecule has 0 aromatic carbocycles. The van der Waals surface area contributed by atoms with Gasteiger partial charge in [-0.2, -0.15) is 18.4 Å². The van der Waals surface area contributed by atoms with Crippen LogP contribution >= 0.6 is 11.8 Å². The molecule has 0 saturated heterocycles. The molecule has 3 nitrogen and oxygen atoms in total. The summed E-state index contributed by atoms with van der Waals surface area (Å²) in [6.07, 6.45) is -0.145. The molecule has 2 heterocycles. The maximum atomic E-state index is 13.2. The SMILES string of the molecule is C=CCSc1nc(-c2cccnc2)cc(C(F)(F)F)c1C#N. The minimum absolute atomic E-state index is 0.0380. The van der Waals surface area contributed by atoms with E-state index in [-0.39, 0.29) is 10.7 Å². The van der Waals surface area contributed by atoms with E-state index in [4.69, 9.17) is 5.26 Å². The third-order valence-corrected chi connectivity index (χ3v) is 3.67. The van der Waals surface area contributed by atoms with Crippen LogP contribution in [0.25, 0.3) is 11.3 Å². The highest BCUT2D eigenvalue weighted by Crippen LogP contribution is 2.37. The van der Waals surface area contributed by atoms with Crippen molar-refractivity contribution in [3.05, 3.63) is 54.4 Å². The second-order valence-electron chi connectivity index (χ2n) is 4.19. The Bertz CT molecular complexity index is 721. The van der Waals surface area contributed by atoms with Gasteiger partial charge in [-0.05, 0) is 18.2 Å². The average Bonchev–Trinajstić information content (AvgIpc) is 2.51. The lowest BCUT2D eigenvalue weighted by molar-refractivity contribution is -0.138. The number of thioether (sulfide) groups is 1. The fourth-order valence-corrected chi connectivity index (χ4v) is 2.50. The smallest absolute Gasteiger partial charge is 0.264 e. The van der Waals surface area contributed by atoms with Crippen molar-refractivity contribution in [2.24, 2.45) is 0 Å². The molecular weight excluding hydrogens is 311 g/mol. The number of pyridine rings is 2. The van der Waals surface area contributed by atoms with Crippen molar-refractivity contribution in [1.82, 2.24) is 9.97 Å². The van der Waals surface area contributed by atoms with Crippen molar-refractivity contribution >= 4 is 11.8 Å². The van der Waals surface area contributed by atoms with Gasteiger partial charge in [0.05, 0.1) is 16.8 Å². The van der Waals surface area contributed by atoms with Crippen molar-refractivity contribution in [2.75, 3.05) is 5.75 Å². The molecular formula is C15H10F3N3S. The molecule has 0 bridgehead atoms. The van der Waals surface area contributed by atoms with Gasteiger partial charge >= 0.3 is 6.18 Å². The van der Waals surface area contributed by atoms with Crippen LogP contribution in [0.5, 0.6) is 0 Å². The lowest BCUT2D eigenvalue weighted by Gasteiger charge is -2.13. The zero-order valence-corrected chi connectivity index (χ0v) is 12.1. The molecule has 0 unspecified atom stereocenters. The number of rotatable bonds is 4. The van der Waals surface area contributed by atoms with Crippen LogP contribution in [0.3, 0.4) is 0 Å². The molecule has 2 rings (SSSR count). The van der Waals surface area contributed by atoms with Crippen molar-refractivity contribution in [1.29, 1.82) is 5.26 Å². The number of nitriles is 1. The van der Waals surface area contributed by atoms with Gasteiger partial charge < -0.3 is 0 Å². The van der Waals surface area contributed by atoms with Crippen LogP contribution in [0.1, 0.15) is 11.1 Å². The number of aromatic nitrogens is 2. The molecule has 22 heavy (non-hydrogen) atoms. The van der Waals surface area contributed by atoms with Crippen LogP contribution in [-0.4, -0.2) is 15.7 Å². The number of hydrogen-bond donors (Lipinski definition) is 0. The van der Waals surface area contributed by atoms with E-state index in [1.165, 1.54) is 18.5 Å². The second kappa shape index (κ2) is 6.62. The van der Waals surface area contributed by atoms with E-state index in [9.17, 15) is 13.2 Å². The quantitative estimate of drug-likeness (QED) is 0.622. The summed E-state index contributed by atoms with van der Waals surface area (Å²) in [6, 6.07) is 5.71. The van der Waals surface area contributed by atoms with Crippen LogP contribution in [0.4, 0.5) is 13.2 Å². The first-order chi connectivity index (χ1) is 10.5. The Balaban J connectivity index is 2.67. The van der Waals surface area contributed by atoms with Crippen LogP contribution in [0.2, 0.25) is 0 Å². The molecule has 0 amide bonds. The molecule has 0 atom stereocenters. The highest BCUT2D eigenvalue weighted by molar-refractivity contribution is 7.99. The third kappa shape index (κ3) is 3.46. The minimum Gasteiger partial charge on any atom is -0.264 e. The van der Waals surface area contributed by atoms with E-state index < -0.39 is 17.3 Å². The summed E-state index contributed by atoms with van der Waals surface area (Å²) in [6.45, 7) is 3.52. The number of hydrogen-bond acceptors (Lipinski definition) is 4. The van der Waals surface area contributed by atoms with Gasteiger partial charge in [0, 0.05) is 23.7 Å². The number of alkyl halides is 3. The Morgan fingerprint density at radius 2 is 2.18 bits per heavy atom. The highest BCUT2D eigenvalue weighted by Gasteiger charge is 2.36. The van der Waals surface area contributed by atoms with E-state index in [1.54, 1.807) is 18.2 Å². The molecule has 0 N–H and O–H groups in total. The average molecular weight is 321 g/mol. The lowest BCUT2D eigenvalue weighted by atomic mass is 10.1. The second-order valence-corrected chi connectivity index (χ2v) is 5.19. The predicted octanol–water partition coefficient (Wildman–Crippen LogP) is 4.31. The van der Waals surface area contributed by atoms with E-state index >= 15 is 0 Å². The minimum atomic E-state index is -4.63. The molecule has 7 heteroatoms. The summed E-state index contributed by atoms with van der Waals surface area (Å²) in [5.74, 6) is 0.357. The topological polar surface area (TPSA) is 49.6 Å². The first-order valence-corrected chi connectivity index (χ1v) is 7.12. The summed E-state index contributed by atoms with van der Waals surface area (Å²) < 4.78 is 39.6. The van der Waals surface area contributed by atoms with Gasteiger partial charge in [0.2, 0.25) is 0 Å². The van der Waals surface area contributed by atoms with Crippen molar-refractivity contribution in [3.63, 3.8) is 0 Å². The van der Waals surface area contributed by atoms with E-state index in [0.717, 1.165) is 17.8 Å². The fourth-order valence-electron chi connectivity index (χ4n) is 1.76. The van der Waals surface area contributed by atoms with Gasteiger partial charge in [-0.25, -0.2) is 4.98 Å². The van der Waals surface area contributed by atoms with Crippen LogP contribution in [-0.2, 0) is 6.18 Å². The Morgan fingerprint density at radius 3 is 2.73 bits per heavy atom. The lowest BCUT2D eigenvalue weighted by Crippen LogP contribution is -2.10. The molecule has 0 aliphatic carbocycles. The van der Waals surface area contributed by atoms with Crippen molar-refractivity contribution < 1.29 is 13.2 Å². The van der Waals surface area contributed by atoms with Crippen molar-refractivity contribution in [2.45, 2.75) is 11.2 Å². The molecule has 0 saturated carbocycles. The summed E-state index contributed by atoms with van der Waals surface area (Å²) >= 11 is 1.04. The maximum Gasteiger partial charge on any atom is 0.417 e. The molecule has 112 valence electrons. The van der Waals surface area contributed by atoms with Gasteiger partial charge in [0.1, 0.15) is 11.1 Å². The largest absolute Gasteiger partial charge is 0.417 e. The number of halogens is 3. The molecule has 0 fully saturated rings. The molecule has 2 aromatic heterocycles. The van der Waals surface area contributed by atoms with Gasteiger partial charge in [-0.3, -0.25) is 4.98 Å². The Kier molecular flexibility index (Phi) is 4.83. The van der Waals surface area contributed by atoms with Crippen LogP contribution < -0.4 is 0 Å². The molecule has 0 aliphatic rings. The monoisotopic (exact) mass is 321 g/mol. The summed E-state index contributed by atoms with van der Waals surface area (Å²) in [4.78, 5) is 8.06. The first kappa shape index (κ1) is 16.0. The highest BCUT2D eigenvalue weighted by atomic mass is 32.2. The van der Waals surface area contributed by atoms with E-state index in [2.05, 4.69) is 16.5 Å². The van der Waals surface area contributed by atoms with Gasteiger partial charge in [-0.15, -0.1) is 18.3 Å². The molecule has 0 radical (unpaired) electrons. The van der Waals surface area contributed by atoms with Gasteiger partial charge in [0.15, 0.2) is 0 Å². The summed E-state index contributed by atoms with van der Waals surface area (Å²) in [5, 5.41) is 9.12. The zero-order valence-electron chi connectivity index (χ0n) is 11.3. The maximum absolute atomic E-state index is 13.2. The molecule has 0 spiro atoms. The summed E-state index contributed by atoms with van der Waals surface area (Å²) in [5.41, 5.74) is -0.869. The Labute approximate surface area is 129 Å². The first-order valence-electron chi connectivity index (χ1n) is 6.13. The Hall–Kier alpha value is -2.33.